The van der Waals surface area contributed by atoms with Crippen molar-refractivity contribution in [2.45, 2.75) is 13.8 Å². The second kappa shape index (κ2) is 5.43. The van der Waals surface area contributed by atoms with Gasteiger partial charge in [0.2, 0.25) is 0 Å². The van der Waals surface area contributed by atoms with Gasteiger partial charge in [-0.3, -0.25) is 4.98 Å². The number of thiazole rings is 1. The maximum atomic E-state index is 4.64. The van der Waals surface area contributed by atoms with Crippen LogP contribution in [0.4, 0.5) is 0 Å². The van der Waals surface area contributed by atoms with Gasteiger partial charge in [-0.2, -0.15) is 0 Å². The molecule has 0 aliphatic heterocycles. The van der Waals surface area contributed by atoms with Crippen LogP contribution in [0, 0.1) is 6.92 Å². The van der Waals surface area contributed by atoms with Gasteiger partial charge >= 0.3 is 0 Å². The highest BCUT2D eigenvalue weighted by molar-refractivity contribution is 7.10. The fraction of sp³-hybridized carbons (Fsp3) is 0.125. The van der Waals surface area contributed by atoms with Crippen molar-refractivity contribution < 1.29 is 0 Å². The van der Waals surface area contributed by atoms with Gasteiger partial charge in [0, 0.05) is 40.3 Å². The van der Waals surface area contributed by atoms with Gasteiger partial charge in [0.1, 0.15) is 5.01 Å². The van der Waals surface area contributed by atoms with Crippen molar-refractivity contribution in [3.8, 4) is 22.5 Å². The molecule has 3 heterocycles. The van der Waals surface area contributed by atoms with Gasteiger partial charge < -0.3 is 4.98 Å². The zero-order valence-electron chi connectivity index (χ0n) is 11.4. The summed E-state index contributed by atoms with van der Waals surface area (Å²) in [7, 11) is 0. The van der Waals surface area contributed by atoms with Crippen molar-refractivity contribution in [1.82, 2.24) is 15.0 Å². The summed E-state index contributed by atoms with van der Waals surface area (Å²) >= 11 is 1.66. The van der Waals surface area contributed by atoms with E-state index in [1.54, 1.807) is 23.7 Å². The van der Waals surface area contributed by atoms with Crippen molar-refractivity contribution in [1.29, 1.82) is 0 Å². The van der Waals surface area contributed by atoms with E-state index in [2.05, 4.69) is 33.3 Å². The molecule has 0 spiro atoms. The lowest BCUT2D eigenvalue weighted by atomic mass is 10.1. The van der Waals surface area contributed by atoms with Gasteiger partial charge in [-0.15, -0.1) is 11.3 Å². The van der Waals surface area contributed by atoms with Crippen molar-refractivity contribution in [2.24, 2.45) is 0 Å². The number of aromatic amines is 1. The van der Waals surface area contributed by atoms with Crippen molar-refractivity contribution in [2.75, 3.05) is 0 Å². The van der Waals surface area contributed by atoms with Gasteiger partial charge in [-0.1, -0.05) is 6.08 Å². The quantitative estimate of drug-likeness (QED) is 0.765. The van der Waals surface area contributed by atoms with E-state index < -0.39 is 0 Å². The molecule has 0 fully saturated rings. The Kier molecular flexibility index (Phi) is 3.48. The Labute approximate surface area is 122 Å². The first-order valence-corrected chi connectivity index (χ1v) is 7.34. The van der Waals surface area contributed by atoms with Crippen LogP contribution in [0.3, 0.4) is 0 Å². The highest BCUT2D eigenvalue weighted by atomic mass is 32.1. The first-order chi connectivity index (χ1) is 9.78. The largest absolute Gasteiger partial charge is 0.358 e. The molecule has 0 bridgehead atoms. The van der Waals surface area contributed by atoms with Crippen molar-refractivity contribution in [3.63, 3.8) is 0 Å². The molecular weight excluding hydrogens is 266 g/mol. The highest BCUT2D eigenvalue weighted by Gasteiger charge is 2.11. The number of nitrogens with zero attached hydrogens (tertiary/aromatic N) is 2. The zero-order chi connectivity index (χ0) is 13.9. The molecule has 0 saturated heterocycles. The van der Waals surface area contributed by atoms with Crippen LogP contribution in [0.15, 0.2) is 42.0 Å². The van der Waals surface area contributed by atoms with Crippen LogP contribution < -0.4 is 0 Å². The molecule has 1 N–H and O–H groups in total. The van der Waals surface area contributed by atoms with Gasteiger partial charge in [-0.25, -0.2) is 4.98 Å². The van der Waals surface area contributed by atoms with Gasteiger partial charge in [-0.05, 0) is 38.1 Å². The molecule has 0 atom stereocenters. The number of aryl methyl sites for hydroxylation is 1. The summed E-state index contributed by atoms with van der Waals surface area (Å²) in [6, 6.07) is 6.15. The Balaban J connectivity index is 2.00. The van der Waals surface area contributed by atoms with Crippen LogP contribution in [-0.4, -0.2) is 15.0 Å². The highest BCUT2D eigenvalue weighted by Crippen LogP contribution is 2.30. The predicted molar refractivity (Wildman–Crippen MR) is 84.6 cm³/mol. The van der Waals surface area contributed by atoms with E-state index in [-0.39, 0.29) is 0 Å². The maximum absolute atomic E-state index is 4.64. The molecule has 3 aromatic heterocycles. The van der Waals surface area contributed by atoms with Crippen LogP contribution in [0.25, 0.3) is 28.6 Å². The van der Waals surface area contributed by atoms with E-state index in [0.29, 0.717) is 0 Å². The molecule has 3 aromatic rings. The number of allylic oxidation sites excluding steroid dienone is 1. The maximum Gasteiger partial charge on any atom is 0.116 e. The molecule has 20 heavy (non-hydrogen) atoms. The lowest BCUT2D eigenvalue weighted by Crippen LogP contribution is -1.79. The molecule has 0 aromatic carbocycles. The van der Waals surface area contributed by atoms with Crippen LogP contribution in [0.5, 0.6) is 0 Å². The number of H-pyrrole nitrogens is 1. The van der Waals surface area contributed by atoms with E-state index >= 15 is 0 Å². The molecule has 0 saturated carbocycles. The van der Waals surface area contributed by atoms with Crippen molar-refractivity contribution in [3.05, 3.63) is 52.8 Å². The summed E-state index contributed by atoms with van der Waals surface area (Å²) in [5, 5.41) is 3.13. The average Bonchev–Trinajstić information content (AvgIpc) is 3.07. The van der Waals surface area contributed by atoms with Crippen molar-refractivity contribution >= 4 is 17.4 Å². The zero-order valence-corrected chi connectivity index (χ0v) is 12.2. The number of hydrogen-bond donors (Lipinski definition) is 1. The topological polar surface area (TPSA) is 41.6 Å². The summed E-state index contributed by atoms with van der Waals surface area (Å²) in [6.07, 6.45) is 7.64. The van der Waals surface area contributed by atoms with E-state index in [1.807, 2.05) is 31.2 Å². The first-order valence-electron chi connectivity index (χ1n) is 6.46. The Morgan fingerprint density at radius 3 is 2.80 bits per heavy atom. The lowest BCUT2D eigenvalue weighted by Gasteiger charge is -1.94. The minimum absolute atomic E-state index is 1.03. The minimum atomic E-state index is 1.03. The molecule has 3 rings (SSSR count). The molecule has 0 aliphatic carbocycles. The second-order valence-corrected chi connectivity index (χ2v) is 5.42. The van der Waals surface area contributed by atoms with Gasteiger partial charge in [0.25, 0.3) is 0 Å². The normalized spacial score (nSPS) is 11.3. The average molecular weight is 281 g/mol. The Morgan fingerprint density at radius 1 is 1.25 bits per heavy atom. The summed E-state index contributed by atoms with van der Waals surface area (Å²) in [5.41, 5.74) is 5.55. The fourth-order valence-corrected chi connectivity index (χ4v) is 2.92. The SMILES string of the molecule is C/C=C/c1nc(-c2cc(-c3ccncc3)[nH]c2C)cs1. The Bertz CT molecular complexity index is 738. The summed E-state index contributed by atoms with van der Waals surface area (Å²) < 4.78 is 0. The molecule has 0 amide bonds. The second-order valence-electron chi connectivity index (χ2n) is 4.53. The van der Waals surface area contributed by atoms with Crippen LogP contribution in [0.2, 0.25) is 0 Å². The molecule has 3 nitrogen and oxygen atoms in total. The molecule has 0 unspecified atom stereocenters. The molecular formula is C16H15N3S. The summed E-state index contributed by atoms with van der Waals surface area (Å²) in [5.74, 6) is 0. The standard InChI is InChI=1S/C16H15N3S/c1-3-4-16-19-15(10-20-16)13-9-14(18-11(13)2)12-5-7-17-8-6-12/h3-10,18H,1-2H3/b4-3+. The van der Waals surface area contributed by atoms with Gasteiger partial charge in [0.05, 0.1) is 5.69 Å². The third kappa shape index (κ3) is 2.42. The van der Waals surface area contributed by atoms with Gasteiger partial charge in [0.15, 0.2) is 0 Å². The van der Waals surface area contributed by atoms with Crippen LogP contribution in [-0.2, 0) is 0 Å². The van der Waals surface area contributed by atoms with E-state index in [1.165, 1.54) is 0 Å². The minimum Gasteiger partial charge on any atom is -0.358 e. The third-order valence-electron chi connectivity index (χ3n) is 3.11. The molecule has 0 radical (unpaired) electrons. The van der Waals surface area contributed by atoms with Crippen LogP contribution in [0.1, 0.15) is 17.6 Å². The number of rotatable bonds is 3. The lowest BCUT2D eigenvalue weighted by molar-refractivity contribution is 1.25. The summed E-state index contributed by atoms with van der Waals surface area (Å²) in [4.78, 5) is 12.1. The summed E-state index contributed by atoms with van der Waals surface area (Å²) in [6.45, 7) is 4.08. The monoisotopic (exact) mass is 281 g/mol. The fourth-order valence-electron chi connectivity index (χ4n) is 2.14. The first kappa shape index (κ1) is 12.8. The number of aromatic nitrogens is 3. The number of hydrogen-bond acceptors (Lipinski definition) is 3. The van der Waals surface area contributed by atoms with E-state index in [9.17, 15) is 0 Å². The predicted octanol–water partition coefficient (Wildman–Crippen LogP) is 4.54. The number of nitrogens with one attached hydrogen (secondary N) is 1. The Hall–Kier alpha value is -2.20. The molecule has 4 heteroatoms. The Morgan fingerprint density at radius 2 is 2.05 bits per heavy atom. The number of pyridine rings is 1. The molecule has 100 valence electrons. The van der Waals surface area contributed by atoms with E-state index in [0.717, 1.165) is 33.2 Å². The smallest absolute Gasteiger partial charge is 0.116 e. The molecule has 0 aliphatic rings. The van der Waals surface area contributed by atoms with E-state index in [4.69, 9.17) is 0 Å². The van der Waals surface area contributed by atoms with Crippen LogP contribution >= 0.6 is 11.3 Å². The third-order valence-corrected chi connectivity index (χ3v) is 3.92.